The highest BCUT2D eigenvalue weighted by atomic mass is 16.7. The van der Waals surface area contributed by atoms with E-state index in [2.05, 4.69) is 25.7 Å². The van der Waals surface area contributed by atoms with E-state index in [0.29, 0.717) is 50.2 Å². The zero-order chi connectivity index (χ0) is 26.3. The van der Waals surface area contributed by atoms with E-state index in [1.165, 1.54) is 19.6 Å². The van der Waals surface area contributed by atoms with Gasteiger partial charge in [0.05, 0.1) is 13.2 Å². The second kappa shape index (κ2) is 16.5. The van der Waals surface area contributed by atoms with Gasteiger partial charge >= 0.3 is 5.97 Å². The molecule has 1 aromatic rings. The molecule has 0 radical (unpaired) electrons. The van der Waals surface area contributed by atoms with Crippen LogP contribution in [0.15, 0.2) is 42.5 Å². The number of carbonyl (C=O) groups is 1. The molecule has 0 heterocycles. The van der Waals surface area contributed by atoms with E-state index >= 15 is 0 Å². The molecule has 36 heavy (non-hydrogen) atoms. The van der Waals surface area contributed by atoms with Crippen LogP contribution in [0.3, 0.4) is 0 Å². The molecule has 0 spiro atoms. The fourth-order valence-electron chi connectivity index (χ4n) is 4.87. The number of nitro groups is 1. The fourth-order valence-corrected chi connectivity index (χ4v) is 4.87. The average molecular weight is 505 g/mol. The van der Waals surface area contributed by atoms with Crippen LogP contribution in [-0.4, -0.2) is 61.5 Å². The third-order valence-corrected chi connectivity index (χ3v) is 6.91. The van der Waals surface area contributed by atoms with Gasteiger partial charge in [-0.3, -0.25) is 15.0 Å². The highest BCUT2D eigenvalue weighted by Gasteiger charge is 2.33. The van der Waals surface area contributed by atoms with Gasteiger partial charge < -0.3 is 14.2 Å². The molecule has 4 atom stereocenters. The molecule has 0 bridgehead atoms. The SMILES string of the molecule is COCOCCC(CN(CC/C=C/C(=O)O[C@@H]1C[C@H](C)CC[C@H]1C(C)C)Cc1ccccc1)[N+](=O)[O-]. The third kappa shape index (κ3) is 11.2. The quantitative estimate of drug-likeness (QED) is 0.0773. The van der Waals surface area contributed by atoms with Crippen molar-refractivity contribution in [1.29, 1.82) is 0 Å². The number of rotatable bonds is 16. The lowest BCUT2D eigenvalue weighted by Gasteiger charge is -2.36. The first kappa shape index (κ1) is 29.9. The van der Waals surface area contributed by atoms with Crippen LogP contribution in [0.5, 0.6) is 0 Å². The molecule has 0 amide bonds. The molecule has 0 aromatic heterocycles. The Morgan fingerprint density at radius 3 is 2.67 bits per heavy atom. The maximum Gasteiger partial charge on any atom is 0.330 e. The van der Waals surface area contributed by atoms with E-state index in [1.807, 2.05) is 36.4 Å². The largest absolute Gasteiger partial charge is 0.459 e. The maximum absolute atomic E-state index is 12.5. The van der Waals surface area contributed by atoms with Gasteiger partial charge in [0.1, 0.15) is 12.9 Å². The predicted molar refractivity (Wildman–Crippen MR) is 140 cm³/mol. The number of benzene rings is 1. The minimum absolute atomic E-state index is 0.0262. The van der Waals surface area contributed by atoms with Crippen molar-refractivity contribution < 1.29 is 23.9 Å². The molecule has 2 rings (SSSR count). The van der Waals surface area contributed by atoms with E-state index in [-0.39, 0.29) is 30.4 Å². The van der Waals surface area contributed by atoms with Crippen LogP contribution < -0.4 is 0 Å². The summed E-state index contributed by atoms with van der Waals surface area (Å²) in [5.74, 6) is 1.17. The third-order valence-electron chi connectivity index (χ3n) is 6.91. The molecule has 1 aromatic carbocycles. The minimum atomic E-state index is -0.749. The van der Waals surface area contributed by atoms with Crippen LogP contribution in [0, 0.1) is 27.9 Å². The standard InChI is InChI=1S/C28H44N2O6/c1-22(2)26-14-13-23(3)18-27(26)36-28(31)12-8-9-16-29(19-24-10-6-5-7-11-24)20-25(30(32)33)15-17-35-21-34-4/h5-8,10-12,22-23,25-27H,9,13-21H2,1-4H3/b12-8+/t23-,25?,26+,27-/m1/s1. The fraction of sp³-hybridized carbons (Fsp3) is 0.679. The number of ether oxygens (including phenoxy) is 3. The minimum Gasteiger partial charge on any atom is -0.459 e. The second-order valence-electron chi connectivity index (χ2n) is 10.3. The molecule has 1 aliphatic rings. The molecular weight excluding hydrogens is 460 g/mol. The maximum atomic E-state index is 12.5. The summed E-state index contributed by atoms with van der Waals surface area (Å²) in [7, 11) is 1.52. The summed E-state index contributed by atoms with van der Waals surface area (Å²) in [6.45, 7) is 8.48. The zero-order valence-corrected chi connectivity index (χ0v) is 22.3. The normalized spacial score (nSPS) is 21.2. The molecule has 202 valence electrons. The van der Waals surface area contributed by atoms with Crippen LogP contribution >= 0.6 is 0 Å². The van der Waals surface area contributed by atoms with Gasteiger partial charge in [0.2, 0.25) is 6.04 Å². The van der Waals surface area contributed by atoms with Crippen molar-refractivity contribution in [3.63, 3.8) is 0 Å². The topological polar surface area (TPSA) is 91.1 Å². The van der Waals surface area contributed by atoms with Gasteiger partial charge in [0.15, 0.2) is 0 Å². The highest BCUT2D eigenvalue weighted by molar-refractivity contribution is 5.82. The number of esters is 1. The Hall–Kier alpha value is -2.29. The van der Waals surface area contributed by atoms with Crippen LogP contribution in [0.25, 0.3) is 0 Å². The Morgan fingerprint density at radius 2 is 2.00 bits per heavy atom. The van der Waals surface area contributed by atoms with E-state index in [9.17, 15) is 14.9 Å². The van der Waals surface area contributed by atoms with Gasteiger partial charge in [-0.1, -0.05) is 63.6 Å². The molecule has 1 fully saturated rings. The van der Waals surface area contributed by atoms with Crippen LogP contribution in [0.4, 0.5) is 0 Å². The lowest BCUT2D eigenvalue weighted by molar-refractivity contribution is -0.524. The summed E-state index contributed by atoms with van der Waals surface area (Å²) in [6, 6.07) is 9.15. The number of carbonyl (C=O) groups excluding carboxylic acids is 1. The molecule has 1 saturated carbocycles. The Bertz CT molecular complexity index is 800. The van der Waals surface area contributed by atoms with Gasteiger partial charge in [0, 0.05) is 37.6 Å². The Labute approximate surface area is 216 Å². The Balaban J connectivity index is 1.93. The number of methoxy groups -OCH3 is 1. The van der Waals surface area contributed by atoms with Crippen molar-refractivity contribution >= 4 is 5.97 Å². The molecule has 0 N–H and O–H groups in total. The second-order valence-corrected chi connectivity index (χ2v) is 10.3. The van der Waals surface area contributed by atoms with Gasteiger partial charge in [0.25, 0.3) is 0 Å². The van der Waals surface area contributed by atoms with Gasteiger partial charge in [-0.05, 0) is 42.6 Å². The first-order valence-electron chi connectivity index (χ1n) is 13.1. The number of hydrogen-bond acceptors (Lipinski definition) is 7. The zero-order valence-electron chi connectivity index (χ0n) is 22.3. The first-order valence-corrected chi connectivity index (χ1v) is 13.1. The van der Waals surface area contributed by atoms with Crippen molar-refractivity contribution in [3.8, 4) is 0 Å². The summed E-state index contributed by atoms with van der Waals surface area (Å²) in [4.78, 5) is 26.0. The first-order chi connectivity index (χ1) is 17.3. The number of hydrogen-bond donors (Lipinski definition) is 0. The van der Waals surface area contributed by atoms with Crippen LogP contribution in [-0.2, 0) is 25.5 Å². The average Bonchev–Trinajstić information content (AvgIpc) is 2.83. The van der Waals surface area contributed by atoms with Gasteiger partial charge in [-0.25, -0.2) is 4.79 Å². The lowest BCUT2D eigenvalue weighted by atomic mass is 9.75. The van der Waals surface area contributed by atoms with E-state index in [1.54, 1.807) is 0 Å². The van der Waals surface area contributed by atoms with Gasteiger partial charge in [-0.2, -0.15) is 0 Å². The Morgan fingerprint density at radius 1 is 1.25 bits per heavy atom. The molecule has 0 saturated heterocycles. The summed E-state index contributed by atoms with van der Waals surface area (Å²) in [5.41, 5.74) is 1.09. The van der Waals surface area contributed by atoms with Crippen molar-refractivity contribution in [2.45, 2.75) is 71.6 Å². The molecule has 1 aliphatic carbocycles. The van der Waals surface area contributed by atoms with E-state index in [4.69, 9.17) is 14.2 Å². The van der Waals surface area contributed by atoms with Crippen molar-refractivity contribution in [3.05, 3.63) is 58.2 Å². The van der Waals surface area contributed by atoms with Gasteiger partial charge in [-0.15, -0.1) is 0 Å². The van der Waals surface area contributed by atoms with Crippen LogP contribution in [0.2, 0.25) is 0 Å². The van der Waals surface area contributed by atoms with E-state index < -0.39 is 6.04 Å². The smallest absolute Gasteiger partial charge is 0.330 e. The van der Waals surface area contributed by atoms with Crippen LogP contribution in [0.1, 0.15) is 58.4 Å². The number of nitrogens with zero attached hydrogens (tertiary/aromatic N) is 2. The Kier molecular flexibility index (Phi) is 13.7. The highest BCUT2D eigenvalue weighted by Crippen LogP contribution is 2.35. The molecule has 0 aliphatic heterocycles. The summed E-state index contributed by atoms with van der Waals surface area (Å²) >= 11 is 0. The monoisotopic (exact) mass is 504 g/mol. The van der Waals surface area contributed by atoms with E-state index in [0.717, 1.165) is 18.4 Å². The van der Waals surface area contributed by atoms with Crippen molar-refractivity contribution in [2.75, 3.05) is 33.6 Å². The van der Waals surface area contributed by atoms with Crippen molar-refractivity contribution in [1.82, 2.24) is 4.90 Å². The molecular formula is C28H44N2O6. The lowest BCUT2D eigenvalue weighted by Crippen LogP contribution is -2.37. The molecule has 1 unspecified atom stereocenters. The van der Waals surface area contributed by atoms with Crippen molar-refractivity contribution in [2.24, 2.45) is 17.8 Å². The molecule has 8 nitrogen and oxygen atoms in total. The molecule has 8 heteroatoms. The summed E-state index contributed by atoms with van der Waals surface area (Å²) < 4.78 is 16.0. The summed E-state index contributed by atoms with van der Waals surface area (Å²) in [6.07, 6.45) is 7.42. The predicted octanol–water partition coefficient (Wildman–Crippen LogP) is 5.09. The summed E-state index contributed by atoms with van der Waals surface area (Å²) in [5, 5.41) is 11.7.